The van der Waals surface area contributed by atoms with Gasteiger partial charge in [0.1, 0.15) is 5.76 Å². The van der Waals surface area contributed by atoms with Crippen molar-refractivity contribution >= 4 is 11.8 Å². The molecule has 0 radical (unpaired) electrons. The molecule has 0 spiro atoms. The maximum atomic E-state index is 12.0. The molecule has 0 aromatic rings. The molecule has 2 fully saturated rings. The molecule has 4 aliphatic rings. The van der Waals surface area contributed by atoms with Crippen molar-refractivity contribution in [1.82, 2.24) is 10.6 Å². The van der Waals surface area contributed by atoms with Gasteiger partial charge in [0, 0.05) is 31.0 Å². The fourth-order valence-corrected chi connectivity index (χ4v) is 6.84. The molecular formula is C23H32N2O3. The Morgan fingerprint density at radius 1 is 1.18 bits per heavy atom. The van der Waals surface area contributed by atoms with Gasteiger partial charge in [-0.3, -0.25) is 9.59 Å². The van der Waals surface area contributed by atoms with Gasteiger partial charge in [0.05, 0.1) is 0 Å². The Balaban J connectivity index is 1.71. The first-order valence-corrected chi connectivity index (χ1v) is 10.5. The van der Waals surface area contributed by atoms with Crippen molar-refractivity contribution in [3.05, 3.63) is 35.8 Å². The summed E-state index contributed by atoms with van der Waals surface area (Å²) >= 11 is 0. The van der Waals surface area contributed by atoms with Gasteiger partial charge >= 0.3 is 0 Å². The molecule has 4 rings (SSSR count). The van der Waals surface area contributed by atoms with Crippen LogP contribution < -0.4 is 10.6 Å². The smallest absolute Gasteiger partial charge is 0.221 e. The van der Waals surface area contributed by atoms with Crippen LogP contribution >= 0.6 is 0 Å². The molecule has 3 N–H and O–H groups in total. The molecule has 0 aromatic heterocycles. The summed E-state index contributed by atoms with van der Waals surface area (Å²) in [6.07, 6.45) is 12.1. The van der Waals surface area contributed by atoms with Crippen LogP contribution in [0, 0.1) is 34.5 Å². The van der Waals surface area contributed by atoms with E-state index < -0.39 is 0 Å². The number of amides is 2. The van der Waals surface area contributed by atoms with E-state index in [9.17, 15) is 14.7 Å². The molecule has 4 aliphatic carbocycles. The normalized spacial score (nSPS) is 43.8. The highest BCUT2D eigenvalue weighted by Crippen LogP contribution is 2.64. The second kappa shape index (κ2) is 6.50. The number of allylic oxidation sites excluding steroid dienone is 5. The molecule has 0 bridgehead atoms. The van der Waals surface area contributed by atoms with Crippen LogP contribution in [0.4, 0.5) is 0 Å². The molecule has 0 heterocycles. The zero-order valence-electron chi connectivity index (χ0n) is 17.3. The lowest BCUT2D eigenvalue weighted by Gasteiger charge is -2.60. The Morgan fingerprint density at radius 2 is 1.93 bits per heavy atom. The monoisotopic (exact) mass is 384 g/mol. The van der Waals surface area contributed by atoms with Crippen LogP contribution in [0.5, 0.6) is 0 Å². The van der Waals surface area contributed by atoms with Crippen molar-refractivity contribution in [3.63, 3.8) is 0 Å². The van der Waals surface area contributed by atoms with Gasteiger partial charge < -0.3 is 15.7 Å². The molecule has 2 amide bonds. The van der Waals surface area contributed by atoms with Gasteiger partial charge in [0.25, 0.3) is 0 Å². The van der Waals surface area contributed by atoms with Crippen molar-refractivity contribution < 1.29 is 14.7 Å². The zero-order valence-corrected chi connectivity index (χ0v) is 17.3. The summed E-state index contributed by atoms with van der Waals surface area (Å²) in [7, 11) is 0. The summed E-state index contributed by atoms with van der Waals surface area (Å²) in [6, 6.07) is 0.0887. The topological polar surface area (TPSA) is 78.4 Å². The number of fused-ring (bicyclic) bond motifs is 5. The molecule has 0 aliphatic heterocycles. The largest absolute Gasteiger partial charge is 0.508 e. The fraction of sp³-hybridized carbons (Fsp3) is 0.652. The average molecular weight is 385 g/mol. The minimum Gasteiger partial charge on any atom is -0.508 e. The quantitative estimate of drug-likeness (QED) is 0.681. The third-order valence-electron chi connectivity index (χ3n) is 8.17. The maximum Gasteiger partial charge on any atom is 0.221 e. The third kappa shape index (κ3) is 2.82. The standard InChI is InChI=1S/C23H32N2O3/c1-13(26)24-19-12-15-11-16(28)7-9-22(15,3)18-8-10-23(4)17(21(18)19)5-6-20(23)25-14(2)27/h6-7,9,11,15,17-19,21,28H,5,8,10,12H2,1-4H3,(H,24,26)(H,25,27)/t15?,17-,18+,19?,21-,22-,23-/m0/s1. The van der Waals surface area contributed by atoms with E-state index in [4.69, 9.17) is 0 Å². The third-order valence-corrected chi connectivity index (χ3v) is 8.17. The second-order valence-corrected chi connectivity index (χ2v) is 9.72. The molecule has 2 unspecified atom stereocenters. The molecule has 28 heavy (non-hydrogen) atoms. The number of rotatable bonds is 2. The van der Waals surface area contributed by atoms with Gasteiger partial charge in [-0.2, -0.15) is 0 Å². The maximum absolute atomic E-state index is 12.0. The van der Waals surface area contributed by atoms with Crippen molar-refractivity contribution in [2.75, 3.05) is 0 Å². The lowest BCUT2D eigenvalue weighted by molar-refractivity contribution is -0.124. The second-order valence-electron chi connectivity index (χ2n) is 9.72. The number of aliphatic hydroxyl groups is 1. The van der Waals surface area contributed by atoms with Gasteiger partial charge in [0.2, 0.25) is 11.8 Å². The summed E-state index contributed by atoms with van der Waals surface area (Å²) in [5.41, 5.74) is 1.00. The predicted octanol–water partition coefficient (Wildman–Crippen LogP) is 3.60. The van der Waals surface area contributed by atoms with E-state index in [1.807, 2.05) is 12.2 Å². The van der Waals surface area contributed by atoms with Crippen LogP contribution in [0.1, 0.15) is 53.4 Å². The highest BCUT2D eigenvalue weighted by molar-refractivity contribution is 5.75. The molecule has 0 aromatic carbocycles. The average Bonchev–Trinajstić information content (AvgIpc) is 2.92. The first-order valence-electron chi connectivity index (χ1n) is 10.5. The number of hydrogen-bond donors (Lipinski definition) is 3. The van der Waals surface area contributed by atoms with E-state index in [-0.39, 0.29) is 34.6 Å². The number of hydrogen-bond acceptors (Lipinski definition) is 3. The lowest BCUT2D eigenvalue weighted by Crippen LogP contribution is -2.60. The van der Waals surface area contributed by atoms with Crippen LogP contribution in [0.15, 0.2) is 35.8 Å². The van der Waals surface area contributed by atoms with E-state index in [0.717, 1.165) is 31.4 Å². The molecule has 0 saturated heterocycles. The number of nitrogens with one attached hydrogen (secondary N) is 2. The van der Waals surface area contributed by atoms with Crippen LogP contribution in [-0.2, 0) is 9.59 Å². The Labute approximate surface area is 167 Å². The van der Waals surface area contributed by atoms with Crippen LogP contribution in [-0.4, -0.2) is 23.0 Å². The van der Waals surface area contributed by atoms with E-state index in [1.54, 1.807) is 13.8 Å². The summed E-state index contributed by atoms with van der Waals surface area (Å²) in [5.74, 6) is 1.74. The van der Waals surface area contributed by atoms with Gasteiger partial charge in [0.15, 0.2) is 0 Å². The van der Waals surface area contributed by atoms with Crippen LogP contribution in [0.25, 0.3) is 0 Å². The van der Waals surface area contributed by atoms with Gasteiger partial charge in [-0.1, -0.05) is 26.0 Å². The Kier molecular flexibility index (Phi) is 4.48. The minimum atomic E-state index is -0.0525. The molecule has 152 valence electrons. The predicted molar refractivity (Wildman–Crippen MR) is 108 cm³/mol. The highest BCUT2D eigenvalue weighted by atomic mass is 16.3. The lowest BCUT2D eigenvalue weighted by atomic mass is 9.45. The summed E-state index contributed by atoms with van der Waals surface area (Å²) in [4.78, 5) is 23.7. The molecule has 7 atom stereocenters. The van der Waals surface area contributed by atoms with Crippen molar-refractivity contribution in [2.24, 2.45) is 34.5 Å². The van der Waals surface area contributed by atoms with Crippen molar-refractivity contribution in [2.45, 2.75) is 59.4 Å². The molecule has 2 saturated carbocycles. The molecule has 5 nitrogen and oxygen atoms in total. The van der Waals surface area contributed by atoms with Crippen molar-refractivity contribution in [1.29, 1.82) is 0 Å². The van der Waals surface area contributed by atoms with Crippen LogP contribution in [0.2, 0.25) is 0 Å². The Hall–Kier alpha value is -2.04. The van der Waals surface area contributed by atoms with Gasteiger partial charge in [-0.15, -0.1) is 0 Å². The Bertz CT molecular complexity index is 798. The fourth-order valence-electron chi connectivity index (χ4n) is 6.84. The van der Waals surface area contributed by atoms with Crippen LogP contribution in [0.3, 0.4) is 0 Å². The van der Waals surface area contributed by atoms with E-state index in [2.05, 4.69) is 36.6 Å². The molecular weight excluding hydrogens is 352 g/mol. The highest BCUT2D eigenvalue weighted by Gasteiger charge is 2.60. The zero-order chi connectivity index (χ0) is 20.3. The first-order chi connectivity index (χ1) is 13.1. The number of carbonyl (C=O) groups excluding carboxylic acids is 2. The van der Waals surface area contributed by atoms with Gasteiger partial charge in [-0.05, 0) is 66.9 Å². The van der Waals surface area contributed by atoms with E-state index >= 15 is 0 Å². The van der Waals surface area contributed by atoms with E-state index in [0.29, 0.717) is 23.5 Å². The first kappa shape index (κ1) is 19.3. The molecule has 5 heteroatoms. The summed E-state index contributed by atoms with van der Waals surface area (Å²) in [5, 5.41) is 16.4. The van der Waals surface area contributed by atoms with E-state index in [1.165, 1.54) is 0 Å². The Morgan fingerprint density at radius 3 is 2.61 bits per heavy atom. The summed E-state index contributed by atoms with van der Waals surface area (Å²) in [6.45, 7) is 7.76. The minimum absolute atomic E-state index is 0.00669. The van der Waals surface area contributed by atoms with Crippen molar-refractivity contribution in [3.8, 4) is 0 Å². The van der Waals surface area contributed by atoms with Gasteiger partial charge in [-0.25, -0.2) is 0 Å². The number of aliphatic hydroxyl groups excluding tert-OH is 1. The summed E-state index contributed by atoms with van der Waals surface area (Å²) < 4.78 is 0. The number of carbonyl (C=O) groups is 2. The SMILES string of the molecule is CC(=O)NC1=CC[C@H]2[C@@H]3C(NC(C)=O)CC4C=C(O)C=C[C@]4(C)[C@@H]3CC[C@]12C.